The van der Waals surface area contributed by atoms with E-state index in [0.717, 1.165) is 38.8 Å². The summed E-state index contributed by atoms with van der Waals surface area (Å²) in [5, 5.41) is 7.22. The van der Waals surface area contributed by atoms with E-state index in [4.69, 9.17) is 4.42 Å². The summed E-state index contributed by atoms with van der Waals surface area (Å²) in [6, 6.07) is 65.5. The van der Waals surface area contributed by atoms with E-state index in [-0.39, 0.29) is 0 Å². The monoisotopic (exact) mass is 650 g/mol. The molecule has 0 radical (unpaired) electrons. The molecule has 0 aliphatic rings. The second kappa shape index (κ2) is 10.8. The summed E-state index contributed by atoms with van der Waals surface area (Å²) < 4.78 is 11.2. The molecular weight excluding hydrogens is 621 g/mol. The fraction of sp³-hybridized carbons (Fsp3) is 0. The van der Waals surface area contributed by atoms with Crippen LogP contribution in [0.2, 0.25) is 0 Å². The molecule has 3 nitrogen and oxygen atoms in total. The number of rotatable bonds is 4. The number of benzene rings is 8. The van der Waals surface area contributed by atoms with Crippen molar-refractivity contribution in [3.05, 3.63) is 182 Å². The fourth-order valence-corrected chi connectivity index (χ4v) is 8.15. The summed E-state index contributed by atoms with van der Waals surface area (Å²) in [4.78, 5) is 0. The van der Waals surface area contributed by atoms with Crippen molar-refractivity contribution in [2.45, 2.75) is 0 Å². The van der Waals surface area contributed by atoms with Gasteiger partial charge in [-0.15, -0.1) is 0 Å². The molecule has 0 unspecified atom stereocenters. The first-order valence-corrected chi connectivity index (χ1v) is 17.4. The maximum Gasteiger partial charge on any atom is 0.137 e. The molecule has 3 heterocycles. The minimum absolute atomic E-state index is 0.892. The van der Waals surface area contributed by atoms with E-state index in [1.54, 1.807) is 0 Å². The zero-order valence-corrected chi connectivity index (χ0v) is 27.6. The number of aromatic nitrogens is 2. The molecule has 0 saturated heterocycles. The Kier molecular flexibility index (Phi) is 5.96. The lowest BCUT2D eigenvalue weighted by atomic mass is 10.00. The summed E-state index contributed by atoms with van der Waals surface area (Å²) in [5.74, 6) is 0. The van der Waals surface area contributed by atoms with Gasteiger partial charge in [-0.2, -0.15) is 0 Å². The quantitative estimate of drug-likeness (QED) is 0.186. The van der Waals surface area contributed by atoms with Gasteiger partial charge in [-0.1, -0.05) is 121 Å². The van der Waals surface area contributed by atoms with Gasteiger partial charge in [-0.25, -0.2) is 0 Å². The number of furan rings is 1. The smallest absolute Gasteiger partial charge is 0.137 e. The Morgan fingerprint density at radius 2 is 0.804 bits per heavy atom. The summed E-state index contributed by atoms with van der Waals surface area (Å²) >= 11 is 0. The fourth-order valence-electron chi connectivity index (χ4n) is 8.15. The molecule has 51 heavy (non-hydrogen) atoms. The molecule has 0 amide bonds. The highest BCUT2D eigenvalue weighted by Gasteiger charge is 2.19. The molecule has 0 fully saturated rings. The number of nitrogens with zero attached hydrogens (tertiary/aromatic N) is 2. The van der Waals surface area contributed by atoms with E-state index in [0.29, 0.717) is 0 Å². The van der Waals surface area contributed by atoms with E-state index in [9.17, 15) is 0 Å². The van der Waals surface area contributed by atoms with Crippen LogP contribution < -0.4 is 0 Å². The summed E-state index contributed by atoms with van der Waals surface area (Å²) in [6.45, 7) is 0. The average Bonchev–Trinajstić information content (AvgIpc) is 3.84. The van der Waals surface area contributed by atoms with Crippen LogP contribution in [0, 0.1) is 0 Å². The van der Waals surface area contributed by atoms with Crippen molar-refractivity contribution in [3.63, 3.8) is 0 Å². The first kappa shape index (κ1) is 28.0. The molecule has 0 spiro atoms. The zero-order valence-electron chi connectivity index (χ0n) is 27.6. The topological polar surface area (TPSA) is 23.0 Å². The highest BCUT2D eigenvalue weighted by molar-refractivity contribution is 6.19. The highest BCUT2D eigenvalue weighted by atomic mass is 16.3. The van der Waals surface area contributed by atoms with Crippen LogP contribution in [0.5, 0.6) is 0 Å². The molecule has 0 aliphatic heterocycles. The lowest BCUT2D eigenvalue weighted by Crippen LogP contribution is -1.96. The molecular formula is C48H30N2O. The number of para-hydroxylation sites is 3. The van der Waals surface area contributed by atoms with Crippen LogP contribution in [0.1, 0.15) is 0 Å². The first-order valence-electron chi connectivity index (χ1n) is 17.4. The van der Waals surface area contributed by atoms with Gasteiger partial charge in [-0.3, -0.25) is 0 Å². The van der Waals surface area contributed by atoms with Crippen molar-refractivity contribution in [1.29, 1.82) is 0 Å². The molecule has 0 saturated carbocycles. The Hall–Kier alpha value is -6.84. The maximum absolute atomic E-state index is 6.36. The second-order valence-corrected chi connectivity index (χ2v) is 13.4. The highest BCUT2D eigenvalue weighted by Crippen LogP contribution is 2.41. The van der Waals surface area contributed by atoms with E-state index in [2.05, 4.69) is 179 Å². The number of fused-ring (bicyclic) bond motifs is 9. The van der Waals surface area contributed by atoms with Crippen LogP contribution in [-0.2, 0) is 0 Å². The van der Waals surface area contributed by atoms with Crippen LogP contribution in [0.3, 0.4) is 0 Å². The summed E-state index contributed by atoms with van der Waals surface area (Å²) in [7, 11) is 0. The van der Waals surface area contributed by atoms with Crippen molar-refractivity contribution in [2.75, 3.05) is 0 Å². The predicted octanol–water partition coefficient (Wildman–Crippen LogP) is 13.1. The second-order valence-electron chi connectivity index (χ2n) is 13.4. The minimum atomic E-state index is 0.892. The lowest BCUT2D eigenvalue weighted by Gasteiger charge is -2.12. The average molecular weight is 651 g/mol. The van der Waals surface area contributed by atoms with Gasteiger partial charge in [-0.05, 0) is 76.9 Å². The molecule has 11 aromatic rings. The van der Waals surface area contributed by atoms with Crippen molar-refractivity contribution in [1.82, 2.24) is 9.13 Å². The van der Waals surface area contributed by atoms with Crippen molar-refractivity contribution < 1.29 is 4.42 Å². The predicted molar refractivity (Wildman–Crippen MR) is 213 cm³/mol. The Labute approximate surface area is 293 Å². The normalized spacial score (nSPS) is 11.9. The number of hydrogen-bond donors (Lipinski definition) is 0. The zero-order chi connectivity index (χ0) is 33.5. The van der Waals surface area contributed by atoms with Gasteiger partial charge in [0.05, 0.1) is 22.1 Å². The Morgan fingerprint density at radius 1 is 0.275 bits per heavy atom. The van der Waals surface area contributed by atoms with Crippen LogP contribution >= 0.6 is 0 Å². The summed E-state index contributed by atoms with van der Waals surface area (Å²) in [5.41, 5.74) is 13.5. The largest absolute Gasteiger partial charge is 0.456 e. The summed E-state index contributed by atoms with van der Waals surface area (Å²) in [6.07, 6.45) is 0. The molecule has 0 atom stereocenters. The molecule has 238 valence electrons. The lowest BCUT2D eigenvalue weighted by molar-refractivity contribution is 0.668. The van der Waals surface area contributed by atoms with Gasteiger partial charge >= 0.3 is 0 Å². The third-order valence-electron chi connectivity index (χ3n) is 10.5. The minimum Gasteiger partial charge on any atom is -0.456 e. The third-order valence-corrected chi connectivity index (χ3v) is 10.5. The molecule has 8 aromatic carbocycles. The standard InChI is InChI=1S/C48H30N2O/c1-2-11-31(12-3-1)32-21-23-33(24-22-32)34-13-10-14-35(27-34)49-43-18-7-4-15-37(43)41-29-42-38-16-5-8-19-44(38)50(46(42)30-45(41)49)36-25-26-40-39-17-6-9-20-47(39)51-48(40)28-36/h1-30H. The van der Waals surface area contributed by atoms with E-state index >= 15 is 0 Å². The molecule has 0 N–H and O–H groups in total. The van der Waals surface area contributed by atoms with Gasteiger partial charge in [0, 0.05) is 49.8 Å². The molecule has 0 aliphatic carbocycles. The van der Waals surface area contributed by atoms with Crippen molar-refractivity contribution in [2.24, 2.45) is 0 Å². The SMILES string of the molecule is c1ccc(-c2ccc(-c3cccc(-n4c5ccccc5c5cc6c7ccccc7n(-c7ccc8c(c7)oc7ccccc78)c6cc54)c3)cc2)cc1. The van der Waals surface area contributed by atoms with E-state index < -0.39 is 0 Å². The molecule has 3 aromatic heterocycles. The van der Waals surface area contributed by atoms with Gasteiger partial charge in [0.1, 0.15) is 11.2 Å². The Morgan fingerprint density at radius 3 is 1.51 bits per heavy atom. The van der Waals surface area contributed by atoms with Crippen molar-refractivity contribution >= 4 is 65.6 Å². The van der Waals surface area contributed by atoms with Crippen LogP contribution in [-0.4, -0.2) is 9.13 Å². The Balaban J connectivity index is 1.13. The molecule has 3 heteroatoms. The third kappa shape index (κ3) is 4.25. The molecule has 11 rings (SSSR count). The van der Waals surface area contributed by atoms with Gasteiger partial charge < -0.3 is 13.6 Å². The van der Waals surface area contributed by atoms with Crippen LogP contribution in [0.15, 0.2) is 186 Å². The van der Waals surface area contributed by atoms with E-state index in [1.165, 1.54) is 60.3 Å². The van der Waals surface area contributed by atoms with Crippen molar-refractivity contribution in [3.8, 4) is 33.6 Å². The Bertz CT molecular complexity index is 3120. The maximum atomic E-state index is 6.36. The van der Waals surface area contributed by atoms with Crippen LogP contribution in [0.25, 0.3) is 99.2 Å². The first-order chi connectivity index (χ1) is 25.3. The van der Waals surface area contributed by atoms with Gasteiger partial charge in [0.25, 0.3) is 0 Å². The van der Waals surface area contributed by atoms with Crippen LogP contribution in [0.4, 0.5) is 0 Å². The number of hydrogen-bond acceptors (Lipinski definition) is 1. The van der Waals surface area contributed by atoms with E-state index in [1.807, 2.05) is 12.1 Å². The van der Waals surface area contributed by atoms with Gasteiger partial charge in [0.15, 0.2) is 0 Å². The van der Waals surface area contributed by atoms with Gasteiger partial charge in [0.2, 0.25) is 0 Å². The molecule has 0 bridgehead atoms.